The fourth-order valence-corrected chi connectivity index (χ4v) is 10.1. The largest absolute Gasteiger partial charge is 0.478 e. The third-order valence-corrected chi connectivity index (χ3v) is 13.1. The average Bonchev–Trinajstić information content (AvgIpc) is 3.62. The van der Waals surface area contributed by atoms with Crippen LogP contribution in [0.2, 0.25) is 0 Å². The minimum absolute atomic E-state index is 0.173. The third kappa shape index (κ3) is 10.1. The first-order valence-electron chi connectivity index (χ1n) is 23.0. The molecule has 12 heteroatoms. The molecule has 3 aromatic rings. The van der Waals surface area contributed by atoms with E-state index < -0.39 is 5.97 Å². The Hall–Kier alpha value is -4.00. The van der Waals surface area contributed by atoms with Gasteiger partial charge < -0.3 is 39.0 Å². The zero-order chi connectivity index (χ0) is 42.0. The number of nitrogens with zero attached hydrogens (tertiary/aromatic N) is 2. The van der Waals surface area contributed by atoms with Gasteiger partial charge in [-0.05, 0) is 106 Å². The van der Waals surface area contributed by atoms with E-state index in [1.54, 1.807) is 18.2 Å². The van der Waals surface area contributed by atoms with Crippen LogP contribution in [-0.2, 0) is 44.6 Å². The van der Waals surface area contributed by atoms with E-state index in [0.29, 0.717) is 63.9 Å². The van der Waals surface area contributed by atoms with E-state index >= 15 is 0 Å². The molecule has 0 unspecified atom stereocenters. The summed E-state index contributed by atoms with van der Waals surface area (Å²) in [6.45, 7) is 8.45. The van der Waals surface area contributed by atoms with Crippen molar-refractivity contribution in [2.45, 2.75) is 89.9 Å². The van der Waals surface area contributed by atoms with E-state index in [-0.39, 0.29) is 11.5 Å². The SMILES string of the molecule is O=C(NCCOCCOCCOCCOCCCCCCCl)c1ccc(C(=O)O)c(C2=c3cc4c5c(c3Oc3c2cc2c6c3CCCN6CCCC2)CCC[N+]=5CCCC4)c1. The number of aryl methyl sites for hydroxylation is 2. The molecule has 0 aromatic heterocycles. The second-order valence-electron chi connectivity index (χ2n) is 16.9. The first kappa shape index (κ1) is 43.6. The number of carboxylic acids is 1. The number of anilines is 1. The van der Waals surface area contributed by atoms with Crippen LogP contribution in [0.3, 0.4) is 0 Å². The van der Waals surface area contributed by atoms with Gasteiger partial charge in [0.05, 0.1) is 57.4 Å². The summed E-state index contributed by atoms with van der Waals surface area (Å²) in [5.41, 5.74) is 9.34. The number of benzene rings is 3. The first-order chi connectivity index (χ1) is 30.0. The van der Waals surface area contributed by atoms with Crippen LogP contribution in [-0.4, -0.2) is 108 Å². The van der Waals surface area contributed by atoms with Gasteiger partial charge in [-0.15, -0.1) is 11.6 Å². The molecule has 0 bridgehead atoms. The highest BCUT2D eigenvalue weighted by Gasteiger charge is 2.36. The van der Waals surface area contributed by atoms with Gasteiger partial charge in [-0.2, -0.15) is 0 Å². The number of hydrogen-bond donors (Lipinski definition) is 2. The predicted octanol–water partition coefficient (Wildman–Crippen LogP) is 6.20. The van der Waals surface area contributed by atoms with Crippen molar-refractivity contribution < 1.29 is 38.4 Å². The van der Waals surface area contributed by atoms with Crippen molar-refractivity contribution in [3.63, 3.8) is 0 Å². The van der Waals surface area contributed by atoms with Crippen LogP contribution in [0.4, 0.5) is 5.69 Å². The second-order valence-corrected chi connectivity index (χ2v) is 17.3. The monoisotopic (exact) mass is 856 g/mol. The number of nitrogens with one attached hydrogen (secondary N) is 1. The van der Waals surface area contributed by atoms with Crippen LogP contribution in [0.15, 0.2) is 30.3 Å². The van der Waals surface area contributed by atoms with Gasteiger partial charge in [-0.3, -0.25) is 4.79 Å². The summed E-state index contributed by atoms with van der Waals surface area (Å²) in [4.78, 5) is 29.4. The minimum atomic E-state index is -1.02. The van der Waals surface area contributed by atoms with E-state index in [1.165, 1.54) is 33.3 Å². The Balaban J connectivity index is 0.980. The van der Waals surface area contributed by atoms with Gasteiger partial charge in [-0.1, -0.05) is 12.8 Å². The Morgan fingerprint density at radius 1 is 0.705 bits per heavy atom. The molecule has 1 amide bonds. The highest BCUT2D eigenvalue weighted by atomic mass is 35.5. The molecule has 5 aliphatic rings. The molecule has 0 fully saturated rings. The molecular weight excluding hydrogens is 794 g/mol. The van der Waals surface area contributed by atoms with Gasteiger partial charge in [0.2, 0.25) is 5.36 Å². The van der Waals surface area contributed by atoms with Gasteiger partial charge in [0.15, 0.2) is 0 Å². The highest BCUT2D eigenvalue weighted by Crippen LogP contribution is 2.48. The van der Waals surface area contributed by atoms with Crippen LogP contribution in [0.1, 0.15) is 118 Å². The number of halogens is 1. The van der Waals surface area contributed by atoms with Crippen LogP contribution >= 0.6 is 11.6 Å². The Morgan fingerprint density at radius 3 is 2.21 bits per heavy atom. The van der Waals surface area contributed by atoms with E-state index in [0.717, 1.165) is 156 Å². The lowest BCUT2D eigenvalue weighted by Crippen LogP contribution is -2.41. The molecule has 328 valence electrons. The quantitative estimate of drug-likeness (QED) is 0.0575. The van der Waals surface area contributed by atoms with Crippen LogP contribution in [0.5, 0.6) is 11.5 Å². The number of carbonyl (C=O) groups excluding carboxylic acids is 1. The van der Waals surface area contributed by atoms with Gasteiger partial charge in [0.1, 0.15) is 24.6 Å². The summed E-state index contributed by atoms with van der Waals surface area (Å²) in [7, 11) is 0. The molecule has 0 atom stereocenters. The molecule has 3 aromatic carbocycles. The first-order valence-corrected chi connectivity index (χ1v) is 23.5. The van der Waals surface area contributed by atoms with E-state index in [4.69, 9.17) is 35.3 Å². The molecule has 61 heavy (non-hydrogen) atoms. The molecule has 11 nitrogen and oxygen atoms in total. The summed E-state index contributed by atoms with van der Waals surface area (Å²) >= 11 is 5.71. The summed E-state index contributed by atoms with van der Waals surface area (Å²) in [6, 6.07) is 9.57. The Kier molecular flexibility index (Phi) is 15.3. The number of carboxylic acid groups (broad SMARTS) is 1. The fourth-order valence-electron chi connectivity index (χ4n) is 9.95. The smallest absolute Gasteiger partial charge is 0.336 e. The number of aromatic carboxylic acids is 1. The van der Waals surface area contributed by atoms with E-state index in [2.05, 4.69) is 26.9 Å². The van der Waals surface area contributed by atoms with E-state index in [1.807, 2.05) is 0 Å². The van der Waals surface area contributed by atoms with Gasteiger partial charge in [0, 0.05) is 83.7 Å². The standard InChI is InChI=1S/C49H62ClN3O8/c50-17-5-1-2-8-23-57-25-27-59-29-30-60-28-26-58-24-18-51-48(54)36-15-16-37(49(55)56)40(33-36)43-41-31-34-11-3-6-19-52-21-9-13-38(44(34)52)46(41)61-47-39-14-10-22-53-20-7-4-12-35(45(39)53)32-42(43)47/h15-16,31-33H,1-14,17-30H2,(H-,51,54,55,56)/p+1. The zero-order valence-corrected chi connectivity index (χ0v) is 36.5. The van der Waals surface area contributed by atoms with Crippen LogP contribution in [0, 0.1) is 0 Å². The normalized spacial score (nSPS) is 16.4. The Labute approximate surface area is 365 Å². The lowest BCUT2D eigenvalue weighted by Gasteiger charge is -2.35. The lowest BCUT2D eigenvalue weighted by atomic mass is 9.82. The van der Waals surface area contributed by atoms with Crippen molar-refractivity contribution in [3.05, 3.63) is 85.4 Å². The fraction of sp³-hybridized carbons (Fsp3) is 0.571. The summed E-state index contributed by atoms with van der Waals surface area (Å²) < 4.78 is 32.3. The Morgan fingerprint density at radius 2 is 1.41 bits per heavy atom. The number of ether oxygens (including phenoxy) is 5. The number of alkyl halides is 1. The number of carbonyl (C=O) groups is 2. The number of fused-ring (bicyclic) bond motifs is 4. The molecule has 8 rings (SSSR count). The predicted molar refractivity (Wildman–Crippen MR) is 238 cm³/mol. The zero-order valence-electron chi connectivity index (χ0n) is 35.8. The molecule has 0 saturated heterocycles. The number of rotatable bonds is 21. The number of unbranched alkanes of at least 4 members (excludes halogenated alkanes) is 3. The molecule has 5 aliphatic heterocycles. The van der Waals surface area contributed by atoms with Gasteiger partial charge in [-0.25, -0.2) is 9.37 Å². The summed E-state index contributed by atoms with van der Waals surface area (Å²) in [5.74, 6) is 1.14. The van der Waals surface area contributed by atoms with Crippen molar-refractivity contribution in [1.82, 2.24) is 9.89 Å². The van der Waals surface area contributed by atoms with Crippen molar-refractivity contribution >= 4 is 34.7 Å². The number of hydrogen-bond acceptors (Lipinski definition) is 8. The maximum Gasteiger partial charge on any atom is 0.336 e. The molecule has 0 saturated carbocycles. The molecule has 0 radical (unpaired) electrons. The molecule has 5 heterocycles. The molecular formula is C49H63ClN3O8+. The van der Waals surface area contributed by atoms with E-state index in [9.17, 15) is 14.7 Å². The highest BCUT2D eigenvalue weighted by molar-refractivity contribution is 6.17. The third-order valence-electron chi connectivity index (χ3n) is 12.8. The second kappa shape index (κ2) is 21.4. The number of amides is 1. The lowest BCUT2D eigenvalue weighted by molar-refractivity contribution is -0.00174. The van der Waals surface area contributed by atoms with Gasteiger partial charge in [0.25, 0.3) is 5.91 Å². The van der Waals surface area contributed by atoms with Crippen molar-refractivity contribution in [2.24, 2.45) is 0 Å². The van der Waals surface area contributed by atoms with Crippen LogP contribution < -0.4 is 30.1 Å². The maximum atomic E-state index is 13.8. The average molecular weight is 858 g/mol. The van der Waals surface area contributed by atoms with Crippen molar-refractivity contribution in [1.29, 1.82) is 0 Å². The molecule has 0 aliphatic carbocycles. The topological polar surface area (TPSA) is 119 Å². The molecule has 0 spiro atoms. The minimum Gasteiger partial charge on any atom is -0.478 e. The van der Waals surface area contributed by atoms with Crippen molar-refractivity contribution in [2.75, 3.05) is 96.4 Å². The van der Waals surface area contributed by atoms with Crippen LogP contribution in [0.25, 0.3) is 5.57 Å². The summed E-state index contributed by atoms with van der Waals surface area (Å²) in [6.07, 6.45) is 14.8. The van der Waals surface area contributed by atoms with Crippen molar-refractivity contribution in [3.8, 4) is 11.5 Å². The summed E-state index contributed by atoms with van der Waals surface area (Å²) in [5, 5.41) is 16.0. The molecule has 2 N–H and O–H groups in total. The Bertz CT molecular complexity index is 2190. The maximum absolute atomic E-state index is 13.8. The van der Waals surface area contributed by atoms with Gasteiger partial charge >= 0.3 is 5.97 Å².